The fourth-order valence-electron chi connectivity index (χ4n) is 2.72. The lowest BCUT2D eigenvalue weighted by atomic mass is 10.2. The van der Waals surface area contributed by atoms with Crippen LogP contribution in [0.4, 0.5) is 0 Å². The summed E-state index contributed by atoms with van der Waals surface area (Å²) in [5.74, 6) is 3.62. The van der Waals surface area contributed by atoms with Crippen LogP contribution in [0.2, 0.25) is 0 Å². The van der Waals surface area contributed by atoms with Crippen molar-refractivity contribution in [2.75, 3.05) is 17.3 Å². The minimum Gasteiger partial charge on any atom is -0.478 e. The van der Waals surface area contributed by atoms with E-state index in [4.69, 9.17) is 0 Å². The van der Waals surface area contributed by atoms with Crippen LogP contribution < -0.4 is 0 Å². The number of aromatic nitrogens is 2. The maximum absolute atomic E-state index is 11.5. The molecule has 6 heteroatoms. The Balaban J connectivity index is 2.07. The van der Waals surface area contributed by atoms with Gasteiger partial charge in [0.15, 0.2) is 0 Å². The molecule has 1 unspecified atom stereocenters. The molecule has 0 spiro atoms. The molecular weight excluding hydrogens is 304 g/mol. The van der Waals surface area contributed by atoms with Crippen LogP contribution in [-0.4, -0.2) is 43.1 Å². The average Bonchev–Trinajstić information content (AvgIpc) is 2.86. The van der Waals surface area contributed by atoms with Gasteiger partial charge in [0.05, 0.1) is 16.6 Å². The van der Waals surface area contributed by atoms with E-state index in [1.54, 1.807) is 12.1 Å². The average molecular weight is 322 g/mol. The summed E-state index contributed by atoms with van der Waals surface area (Å²) in [6.45, 7) is 2.92. The Kier molecular flexibility index (Phi) is 4.45. The fraction of sp³-hybridized carbons (Fsp3) is 0.467. The quantitative estimate of drug-likeness (QED) is 0.937. The number of thioether (sulfide) groups is 2. The highest BCUT2D eigenvalue weighted by Gasteiger charge is 2.21. The van der Waals surface area contributed by atoms with Crippen LogP contribution in [0.3, 0.4) is 0 Å². The standard InChI is InChI=1S/C15H18N2O2S2/c1-2-13-16-12-5-3-4-11(15(18)19)14(12)17(13)8-10-9-20-6-7-21-10/h3-5,10H,2,6-9H2,1H3,(H,18,19). The van der Waals surface area contributed by atoms with Crippen molar-refractivity contribution in [2.45, 2.75) is 25.1 Å². The van der Waals surface area contributed by atoms with Gasteiger partial charge < -0.3 is 9.67 Å². The lowest BCUT2D eigenvalue weighted by Gasteiger charge is -2.22. The van der Waals surface area contributed by atoms with E-state index in [0.29, 0.717) is 10.8 Å². The summed E-state index contributed by atoms with van der Waals surface area (Å²) >= 11 is 3.97. The van der Waals surface area contributed by atoms with Crippen LogP contribution >= 0.6 is 23.5 Å². The molecule has 112 valence electrons. The predicted molar refractivity (Wildman–Crippen MR) is 89.6 cm³/mol. The smallest absolute Gasteiger partial charge is 0.337 e. The summed E-state index contributed by atoms with van der Waals surface area (Å²) < 4.78 is 2.13. The molecule has 0 radical (unpaired) electrons. The molecule has 4 nitrogen and oxygen atoms in total. The van der Waals surface area contributed by atoms with Crippen molar-refractivity contribution in [1.29, 1.82) is 0 Å². The third-order valence-corrected chi connectivity index (χ3v) is 6.49. The minimum atomic E-state index is -0.880. The van der Waals surface area contributed by atoms with Gasteiger partial charge in [0.1, 0.15) is 5.82 Å². The van der Waals surface area contributed by atoms with Crippen LogP contribution in [0.25, 0.3) is 11.0 Å². The zero-order valence-corrected chi connectivity index (χ0v) is 13.5. The number of fused-ring (bicyclic) bond motifs is 1. The van der Waals surface area contributed by atoms with Crippen LogP contribution in [0.1, 0.15) is 23.1 Å². The summed E-state index contributed by atoms with van der Waals surface area (Å²) in [4.78, 5) is 16.1. The highest BCUT2D eigenvalue weighted by molar-refractivity contribution is 8.06. The van der Waals surface area contributed by atoms with Gasteiger partial charge in [0, 0.05) is 35.5 Å². The summed E-state index contributed by atoms with van der Waals surface area (Å²) in [6, 6.07) is 5.35. The number of rotatable bonds is 4. The van der Waals surface area contributed by atoms with Crippen molar-refractivity contribution in [1.82, 2.24) is 9.55 Å². The molecule has 2 heterocycles. The first-order chi connectivity index (χ1) is 10.2. The van der Waals surface area contributed by atoms with Crippen LogP contribution in [0.15, 0.2) is 18.2 Å². The van der Waals surface area contributed by atoms with E-state index in [2.05, 4.69) is 16.5 Å². The summed E-state index contributed by atoms with van der Waals surface area (Å²) in [7, 11) is 0. The van der Waals surface area contributed by atoms with Crippen molar-refractivity contribution in [3.63, 3.8) is 0 Å². The van der Waals surface area contributed by atoms with Gasteiger partial charge in [-0.05, 0) is 12.1 Å². The molecule has 1 aromatic heterocycles. The molecule has 2 aromatic rings. The van der Waals surface area contributed by atoms with E-state index in [9.17, 15) is 9.90 Å². The first kappa shape index (κ1) is 14.8. The number of carboxylic acid groups (broad SMARTS) is 1. The number of hydrogen-bond acceptors (Lipinski definition) is 4. The number of benzene rings is 1. The van der Waals surface area contributed by atoms with Crippen molar-refractivity contribution in [3.05, 3.63) is 29.6 Å². The molecule has 1 aliphatic rings. The molecule has 0 amide bonds. The summed E-state index contributed by atoms with van der Waals surface area (Å²) in [5.41, 5.74) is 1.92. The third kappa shape index (κ3) is 2.92. The normalized spacial score (nSPS) is 19.0. The second kappa shape index (κ2) is 6.32. The zero-order valence-electron chi connectivity index (χ0n) is 11.9. The van der Waals surface area contributed by atoms with Gasteiger partial charge in [-0.25, -0.2) is 9.78 Å². The van der Waals surface area contributed by atoms with E-state index >= 15 is 0 Å². The molecule has 0 bridgehead atoms. The van der Waals surface area contributed by atoms with Crippen LogP contribution in [0.5, 0.6) is 0 Å². The number of carboxylic acids is 1. The number of carbonyl (C=O) groups is 1. The van der Waals surface area contributed by atoms with Gasteiger partial charge in [-0.15, -0.1) is 0 Å². The van der Waals surface area contributed by atoms with Crippen molar-refractivity contribution in [2.24, 2.45) is 0 Å². The maximum atomic E-state index is 11.5. The van der Waals surface area contributed by atoms with Crippen LogP contribution in [-0.2, 0) is 13.0 Å². The van der Waals surface area contributed by atoms with E-state index in [0.717, 1.165) is 35.6 Å². The molecule has 1 aliphatic heterocycles. The van der Waals surface area contributed by atoms with Gasteiger partial charge in [0.2, 0.25) is 0 Å². The molecule has 1 fully saturated rings. The van der Waals surface area contributed by atoms with Crippen molar-refractivity contribution < 1.29 is 9.90 Å². The monoisotopic (exact) mass is 322 g/mol. The van der Waals surface area contributed by atoms with E-state index in [1.165, 1.54) is 11.5 Å². The lowest BCUT2D eigenvalue weighted by Crippen LogP contribution is -2.22. The second-order valence-corrected chi connectivity index (χ2v) is 7.60. The Labute approximate surface area is 132 Å². The third-order valence-electron chi connectivity index (χ3n) is 3.66. The van der Waals surface area contributed by atoms with Gasteiger partial charge in [0.25, 0.3) is 0 Å². The highest BCUT2D eigenvalue weighted by atomic mass is 32.2. The molecule has 1 atom stereocenters. The van der Waals surface area contributed by atoms with Gasteiger partial charge in [-0.1, -0.05) is 13.0 Å². The largest absolute Gasteiger partial charge is 0.478 e. The number of para-hydroxylation sites is 1. The van der Waals surface area contributed by atoms with E-state index in [1.807, 2.05) is 29.6 Å². The van der Waals surface area contributed by atoms with Crippen molar-refractivity contribution >= 4 is 40.5 Å². The topological polar surface area (TPSA) is 55.1 Å². The number of nitrogens with zero attached hydrogens (tertiary/aromatic N) is 2. The maximum Gasteiger partial charge on any atom is 0.337 e. The Morgan fingerprint density at radius 2 is 2.33 bits per heavy atom. The lowest BCUT2D eigenvalue weighted by molar-refractivity contribution is 0.0698. The number of aryl methyl sites for hydroxylation is 1. The highest BCUT2D eigenvalue weighted by Crippen LogP contribution is 2.28. The first-order valence-electron chi connectivity index (χ1n) is 7.11. The molecule has 0 saturated carbocycles. The number of aromatic carboxylic acids is 1. The van der Waals surface area contributed by atoms with E-state index in [-0.39, 0.29) is 0 Å². The molecular formula is C15H18N2O2S2. The predicted octanol–water partition coefficient (Wildman–Crippen LogP) is 3.15. The Bertz CT molecular complexity index is 663. The van der Waals surface area contributed by atoms with Gasteiger partial charge >= 0.3 is 5.97 Å². The van der Waals surface area contributed by atoms with Crippen molar-refractivity contribution in [3.8, 4) is 0 Å². The Morgan fingerprint density at radius 1 is 1.48 bits per heavy atom. The molecule has 1 aromatic carbocycles. The fourth-order valence-corrected chi connectivity index (χ4v) is 5.37. The Morgan fingerprint density at radius 3 is 3.00 bits per heavy atom. The van der Waals surface area contributed by atoms with Gasteiger partial charge in [-0.3, -0.25) is 0 Å². The number of imidazole rings is 1. The molecule has 1 N–H and O–H groups in total. The zero-order chi connectivity index (χ0) is 14.8. The molecule has 1 saturated heterocycles. The molecule has 21 heavy (non-hydrogen) atoms. The second-order valence-electron chi connectivity index (χ2n) is 5.04. The van der Waals surface area contributed by atoms with Gasteiger partial charge in [-0.2, -0.15) is 23.5 Å². The van der Waals surface area contributed by atoms with Crippen LogP contribution in [0, 0.1) is 0 Å². The number of hydrogen-bond donors (Lipinski definition) is 1. The first-order valence-corrected chi connectivity index (χ1v) is 9.31. The van der Waals surface area contributed by atoms with E-state index < -0.39 is 5.97 Å². The molecule has 0 aliphatic carbocycles. The summed E-state index contributed by atoms with van der Waals surface area (Å²) in [6.07, 6.45) is 0.818. The summed E-state index contributed by atoms with van der Waals surface area (Å²) in [5, 5.41) is 9.98. The minimum absolute atomic E-state index is 0.355. The SMILES string of the molecule is CCc1nc2cccc(C(=O)O)c2n1CC1CSCCS1. The Hall–Kier alpha value is -1.14. The molecule has 3 rings (SSSR count).